The molecule has 1 heterocycles. The van der Waals surface area contributed by atoms with Gasteiger partial charge < -0.3 is 10.1 Å². The van der Waals surface area contributed by atoms with Gasteiger partial charge in [-0.05, 0) is 42.3 Å². The monoisotopic (exact) mass is 349 g/mol. The SMILES string of the molecule is C[C@H](NCc1cc(Br)cc2c1OCC2)c1ccc(F)cc1. The topological polar surface area (TPSA) is 21.3 Å². The lowest BCUT2D eigenvalue weighted by atomic mass is 10.1. The Labute approximate surface area is 132 Å². The molecule has 0 aliphatic carbocycles. The second-order valence-electron chi connectivity index (χ2n) is 5.31. The average Bonchev–Trinajstić information content (AvgIpc) is 2.93. The Morgan fingerprint density at radius 1 is 1.29 bits per heavy atom. The molecule has 2 aromatic carbocycles. The van der Waals surface area contributed by atoms with Crippen LogP contribution < -0.4 is 10.1 Å². The van der Waals surface area contributed by atoms with Crippen molar-refractivity contribution in [3.8, 4) is 5.75 Å². The summed E-state index contributed by atoms with van der Waals surface area (Å²) in [6.07, 6.45) is 0.968. The van der Waals surface area contributed by atoms with Crippen molar-refractivity contribution >= 4 is 15.9 Å². The van der Waals surface area contributed by atoms with E-state index in [1.165, 1.54) is 17.7 Å². The van der Waals surface area contributed by atoms with Crippen LogP contribution in [0.1, 0.15) is 29.7 Å². The Kier molecular flexibility index (Phi) is 4.27. The number of nitrogens with one attached hydrogen (secondary N) is 1. The number of rotatable bonds is 4. The molecule has 1 aliphatic rings. The Morgan fingerprint density at radius 2 is 2.05 bits per heavy atom. The highest BCUT2D eigenvalue weighted by molar-refractivity contribution is 9.10. The molecule has 0 fully saturated rings. The van der Waals surface area contributed by atoms with E-state index in [2.05, 4.69) is 40.3 Å². The molecule has 4 heteroatoms. The molecule has 0 unspecified atom stereocenters. The maximum Gasteiger partial charge on any atom is 0.127 e. The largest absolute Gasteiger partial charge is 0.493 e. The van der Waals surface area contributed by atoms with E-state index in [0.717, 1.165) is 40.9 Å². The van der Waals surface area contributed by atoms with Crippen molar-refractivity contribution < 1.29 is 9.13 Å². The van der Waals surface area contributed by atoms with Crippen LogP contribution in [0.4, 0.5) is 4.39 Å². The summed E-state index contributed by atoms with van der Waals surface area (Å²) in [5.74, 6) is 0.807. The maximum atomic E-state index is 13.0. The fourth-order valence-electron chi connectivity index (χ4n) is 2.61. The zero-order valence-electron chi connectivity index (χ0n) is 11.8. The Morgan fingerprint density at radius 3 is 2.81 bits per heavy atom. The summed E-state index contributed by atoms with van der Waals surface area (Å²) in [6.45, 7) is 3.55. The third kappa shape index (κ3) is 3.27. The molecule has 1 N–H and O–H groups in total. The highest BCUT2D eigenvalue weighted by Crippen LogP contribution is 2.33. The van der Waals surface area contributed by atoms with Crippen LogP contribution in [0.2, 0.25) is 0 Å². The molecule has 110 valence electrons. The van der Waals surface area contributed by atoms with Gasteiger partial charge in [0.25, 0.3) is 0 Å². The minimum Gasteiger partial charge on any atom is -0.493 e. The van der Waals surface area contributed by atoms with Gasteiger partial charge in [-0.15, -0.1) is 0 Å². The number of hydrogen-bond donors (Lipinski definition) is 1. The molecule has 1 aliphatic heterocycles. The van der Waals surface area contributed by atoms with Gasteiger partial charge in [-0.1, -0.05) is 28.1 Å². The Hall–Kier alpha value is -1.39. The molecular formula is C17H17BrFNO. The van der Waals surface area contributed by atoms with Crippen LogP contribution in [0.5, 0.6) is 5.75 Å². The van der Waals surface area contributed by atoms with E-state index in [9.17, 15) is 4.39 Å². The first-order chi connectivity index (χ1) is 10.1. The number of fused-ring (bicyclic) bond motifs is 1. The molecular weight excluding hydrogens is 333 g/mol. The standard InChI is InChI=1S/C17H17BrFNO/c1-11(12-2-4-16(19)5-3-12)20-10-14-9-15(18)8-13-6-7-21-17(13)14/h2-5,8-9,11,20H,6-7,10H2,1H3/t11-/m0/s1. The number of hydrogen-bond acceptors (Lipinski definition) is 2. The third-order valence-corrected chi connectivity index (χ3v) is 4.25. The zero-order chi connectivity index (χ0) is 14.8. The van der Waals surface area contributed by atoms with Gasteiger partial charge in [0.1, 0.15) is 11.6 Å². The van der Waals surface area contributed by atoms with Gasteiger partial charge >= 0.3 is 0 Å². The molecule has 21 heavy (non-hydrogen) atoms. The van der Waals surface area contributed by atoms with E-state index >= 15 is 0 Å². The predicted molar refractivity (Wildman–Crippen MR) is 85.0 cm³/mol. The number of ether oxygens (including phenoxy) is 1. The smallest absolute Gasteiger partial charge is 0.127 e. The van der Waals surface area contributed by atoms with Gasteiger partial charge in [-0.2, -0.15) is 0 Å². The van der Waals surface area contributed by atoms with Gasteiger partial charge in [-0.25, -0.2) is 4.39 Å². The van der Waals surface area contributed by atoms with E-state index in [1.807, 2.05) is 12.1 Å². The summed E-state index contributed by atoms with van der Waals surface area (Å²) in [4.78, 5) is 0. The minimum absolute atomic E-state index is 0.154. The lowest BCUT2D eigenvalue weighted by Gasteiger charge is -2.16. The fourth-order valence-corrected chi connectivity index (χ4v) is 3.16. The quantitative estimate of drug-likeness (QED) is 0.884. The number of benzene rings is 2. The van der Waals surface area contributed by atoms with Gasteiger partial charge in [0.2, 0.25) is 0 Å². The Bertz CT molecular complexity index is 642. The van der Waals surface area contributed by atoms with E-state index in [-0.39, 0.29) is 11.9 Å². The Balaban J connectivity index is 1.72. The highest BCUT2D eigenvalue weighted by Gasteiger charge is 2.17. The van der Waals surface area contributed by atoms with Crippen molar-refractivity contribution in [1.29, 1.82) is 0 Å². The summed E-state index contributed by atoms with van der Waals surface area (Å²) in [5.41, 5.74) is 3.49. The minimum atomic E-state index is -0.204. The van der Waals surface area contributed by atoms with Crippen molar-refractivity contribution in [2.75, 3.05) is 6.61 Å². The third-order valence-electron chi connectivity index (χ3n) is 3.79. The van der Waals surface area contributed by atoms with Crippen molar-refractivity contribution in [1.82, 2.24) is 5.32 Å². The molecule has 0 spiro atoms. The fraction of sp³-hybridized carbons (Fsp3) is 0.294. The van der Waals surface area contributed by atoms with E-state index < -0.39 is 0 Å². The molecule has 1 atom stereocenters. The van der Waals surface area contributed by atoms with Gasteiger partial charge in [0.15, 0.2) is 0 Å². The lowest BCUT2D eigenvalue weighted by molar-refractivity contribution is 0.351. The first-order valence-electron chi connectivity index (χ1n) is 7.06. The normalized spacial score (nSPS) is 14.6. The van der Waals surface area contributed by atoms with Crippen molar-refractivity contribution in [2.45, 2.75) is 25.9 Å². The van der Waals surface area contributed by atoms with Crippen LogP contribution in [0, 0.1) is 5.82 Å². The van der Waals surface area contributed by atoms with Crippen LogP contribution in [0.3, 0.4) is 0 Å². The van der Waals surface area contributed by atoms with Crippen molar-refractivity contribution in [3.05, 3.63) is 63.4 Å². The summed E-state index contributed by atoms with van der Waals surface area (Å²) in [7, 11) is 0. The summed E-state index contributed by atoms with van der Waals surface area (Å²) in [5, 5.41) is 3.47. The highest BCUT2D eigenvalue weighted by atomic mass is 79.9. The molecule has 0 amide bonds. The van der Waals surface area contributed by atoms with E-state index in [0.29, 0.717) is 0 Å². The van der Waals surface area contributed by atoms with Crippen LogP contribution in [-0.4, -0.2) is 6.61 Å². The predicted octanol–water partition coefficient (Wildman–Crippen LogP) is 4.37. The summed E-state index contributed by atoms with van der Waals surface area (Å²) < 4.78 is 19.8. The molecule has 0 aromatic heterocycles. The zero-order valence-corrected chi connectivity index (χ0v) is 13.4. The first-order valence-corrected chi connectivity index (χ1v) is 7.86. The van der Waals surface area contributed by atoms with Crippen LogP contribution >= 0.6 is 15.9 Å². The van der Waals surface area contributed by atoms with Crippen LogP contribution in [-0.2, 0) is 13.0 Å². The second kappa shape index (κ2) is 6.16. The van der Waals surface area contributed by atoms with Crippen LogP contribution in [0.25, 0.3) is 0 Å². The molecule has 2 aromatic rings. The van der Waals surface area contributed by atoms with Crippen molar-refractivity contribution in [3.63, 3.8) is 0 Å². The summed E-state index contributed by atoms with van der Waals surface area (Å²) >= 11 is 3.55. The van der Waals surface area contributed by atoms with E-state index in [4.69, 9.17) is 4.74 Å². The average molecular weight is 350 g/mol. The van der Waals surface area contributed by atoms with Gasteiger partial charge in [-0.3, -0.25) is 0 Å². The molecule has 0 saturated carbocycles. The van der Waals surface area contributed by atoms with E-state index in [1.54, 1.807) is 0 Å². The van der Waals surface area contributed by atoms with Gasteiger partial charge in [0, 0.05) is 29.0 Å². The molecule has 0 bridgehead atoms. The molecule has 3 rings (SSSR count). The molecule has 0 saturated heterocycles. The molecule has 2 nitrogen and oxygen atoms in total. The van der Waals surface area contributed by atoms with Gasteiger partial charge in [0.05, 0.1) is 6.61 Å². The second-order valence-corrected chi connectivity index (χ2v) is 6.22. The maximum absolute atomic E-state index is 13.0. The molecule has 0 radical (unpaired) electrons. The number of halogens is 2. The summed E-state index contributed by atoms with van der Waals surface area (Å²) in [6, 6.07) is 11.0. The van der Waals surface area contributed by atoms with Crippen LogP contribution in [0.15, 0.2) is 40.9 Å². The van der Waals surface area contributed by atoms with Crippen molar-refractivity contribution in [2.24, 2.45) is 0 Å². The lowest BCUT2D eigenvalue weighted by Crippen LogP contribution is -2.18. The first kappa shape index (κ1) is 14.5.